The molecule has 1 aromatic rings. The highest BCUT2D eigenvalue weighted by Crippen LogP contribution is 2.18. The van der Waals surface area contributed by atoms with Gasteiger partial charge in [-0.05, 0) is 38.7 Å². The standard InChI is InChI=1S/C14H23ClN2O/c1-4-17(3)9-8-16-11-12(2)18-14-7-5-6-13(15)10-14/h5-7,10,12,16H,4,8-9,11H2,1-3H3. The quantitative estimate of drug-likeness (QED) is 0.735. The Morgan fingerprint density at radius 2 is 2.22 bits per heavy atom. The van der Waals surface area contributed by atoms with E-state index in [2.05, 4.69) is 31.1 Å². The number of ether oxygens (including phenoxy) is 1. The predicted octanol–water partition coefficient (Wildman–Crippen LogP) is 2.65. The normalized spacial score (nSPS) is 12.7. The highest BCUT2D eigenvalue weighted by Gasteiger charge is 2.04. The topological polar surface area (TPSA) is 24.5 Å². The van der Waals surface area contributed by atoms with Gasteiger partial charge in [0, 0.05) is 24.7 Å². The lowest BCUT2D eigenvalue weighted by Crippen LogP contribution is -2.34. The van der Waals surface area contributed by atoms with Gasteiger partial charge in [-0.1, -0.05) is 24.6 Å². The fourth-order valence-corrected chi connectivity index (χ4v) is 1.73. The first-order chi connectivity index (χ1) is 8.61. The van der Waals surface area contributed by atoms with Crippen LogP contribution in [-0.4, -0.2) is 44.2 Å². The van der Waals surface area contributed by atoms with Crippen LogP contribution in [0.2, 0.25) is 5.02 Å². The van der Waals surface area contributed by atoms with Crippen LogP contribution in [0.5, 0.6) is 5.75 Å². The highest BCUT2D eigenvalue weighted by atomic mass is 35.5. The molecular formula is C14H23ClN2O. The minimum atomic E-state index is 0.135. The lowest BCUT2D eigenvalue weighted by Gasteiger charge is -2.17. The number of likely N-dealkylation sites (N-methyl/N-ethyl adjacent to an activating group) is 1. The van der Waals surface area contributed by atoms with Crippen molar-refractivity contribution in [3.05, 3.63) is 29.3 Å². The molecule has 0 saturated heterocycles. The molecule has 1 N–H and O–H groups in total. The lowest BCUT2D eigenvalue weighted by molar-refractivity contribution is 0.214. The predicted molar refractivity (Wildman–Crippen MR) is 77.6 cm³/mol. The highest BCUT2D eigenvalue weighted by molar-refractivity contribution is 6.30. The Balaban J connectivity index is 2.19. The first kappa shape index (κ1) is 15.3. The zero-order chi connectivity index (χ0) is 13.4. The Morgan fingerprint density at radius 3 is 2.89 bits per heavy atom. The van der Waals surface area contributed by atoms with Crippen molar-refractivity contribution in [2.75, 3.05) is 33.2 Å². The monoisotopic (exact) mass is 270 g/mol. The van der Waals surface area contributed by atoms with Crippen molar-refractivity contribution in [2.45, 2.75) is 20.0 Å². The molecule has 1 unspecified atom stereocenters. The lowest BCUT2D eigenvalue weighted by atomic mass is 10.3. The summed E-state index contributed by atoms with van der Waals surface area (Å²) < 4.78 is 5.77. The molecule has 1 atom stereocenters. The molecule has 0 radical (unpaired) electrons. The summed E-state index contributed by atoms with van der Waals surface area (Å²) >= 11 is 5.90. The Bertz CT molecular complexity index is 346. The molecule has 18 heavy (non-hydrogen) atoms. The van der Waals surface area contributed by atoms with Crippen LogP contribution in [0.4, 0.5) is 0 Å². The van der Waals surface area contributed by atoms with Gasteiger partial charge in [-0.25, -0.2) is 0 Å². The largest absolute Gasteiger partial charge is 0.489 e. The van der Waals surface area contributed by atoms with Crippen LogP contribution >= 0.6 is 11.6 Å². The molecule has 0 spiro atoms. The number of halogens is 1. The van der Waals surface area contributed by atoms with Crippen LogP contribution in [0.25, 0.3) is 0 Å². The average Bonchev–Trinajstić information content (AvgIpc) is 2.34. The van der Waals surface area contributed by atoms with Crippen LogP contribution in [0.1, 0.15) is 13.8 Å². The number of benzene rings is 1. The second-order valence-corrected chi connectivity index (χ2v) is 4.92. The molecule has 0 saturated carbocycles. The van der Waals surface area contributed by atoms with Gasteiger partial charge in [-0.15, -0.1) is 0 Å². The molecule has 0 heterocycles. The Labute approximate surface area is 115 Å². The summed E-state index contributed by atoms with van der Waals surface area (Å²) in [5, 5.41) is 4.09. The molecule has 0 aliphatic heterocycles. The molecule has 102 valence electrons. The van der Waals surface area contributed by atoms with E-state index in [-0.39, 0.29) is 6.10 Å². The number of hydrogen-bond donors (Lipinski definition) is 1. The first-order valence-electron chi connectivity index (χ1n) is 6.43. The van der Waals surface area contributed by atoms with Crippen LogP contribution < -0.4 is 10.1 Å². The van der Waals surface area contributed by atoms with E-state index in [9.17, 15) is 0 Å². The maximum Gasteiger partial charge on any atom is 0.121 e. The summed E-state index contributed by atoms with van der Waals surface area (Å²) in [4.78, 5) is 2.27. The maximum atomic E-state index is 5.90. The van der Waals surface area contributed by atoms with Crippen molar-refractivity contribution < 1.29 is 4.74 Å². The third-order valence-electron chi connectivity index (χ3n) is 2.78. The molecule has 4 heteroatoms. The van der Waals surface area contributed by atoms with Crippen LogP contribution in [-0.2, 0) is 0 Å². The van der Waals surface area contributed by atoms with Gasteiger partial charge in [0.25, 0.3) is 0 Å². The minimum absolute atomic E-state index is 0.135. The zero-order valence-electron chi connectivity index (χ0n) is 11.4. The Kier molecular flexibility index (Phi) is 7.09. The third-order valence-corrected chi connectivity index (χ3v) is 3.01. The van der Waals surface area contributed by atoms with Crippen molar-refractivity contribution >= 4 is 11.6 Å². The van der Waals surface area contributed by atoms with E-state index in [1.165, 1.54) is 0 Å². The Hall–Kier alpha value is -0.770. The number of nitrogens with zero attached hydrogens (tertiary/aromatic N) is 1. The Morgan fingerprint density at radius 1 is 1.44 bits per heavy atom. The molecule has 1 aromatic carbocycles. The van der Waals surface area contributed by atoms with Gasteiger partial charge in [0.1, 0.15) is 11.9 Å². The maximum absolute atomic E-state index is 5.90. The summed E-state index contributed by atoms with van der Waals surface area (Å²) in [6, 6.07) is 7.50. The SMILES string of the molecule is CCN(C)CCNCC(C)Oc1cccc(Cl)c1. The summed E-state index contributed by atoms with van der Waals surface area (Å²) in [6.45, 7) is 8.16. The van der Waals surface area contributed by atoms with Crippen LogP contribution in [0, 0.1) is 0 Å². The summed E-state index contributed by atoms with van der Waals surface area (Å²) in [7, 11) is 2.12. The molecular weight excluding hydrogens is 248 g/mol. The number of rotatable bonds is 8. The molecule has 0 fully saturated rings. The smallest absolute Gasteiger partial charge is 0.121 e. The van der Waals surface area contributed by atoms with Crippen molar-refractivity contribution in [3.8, 4) is 5.75 Å². The van der Waals surface area contributed by atoms with Gasteiger partial charge in [-0.2, -0.15) is 0 Å². The van der Waals surface area contributed by atoms with Crippen molar-refractivity contribution in [3.63, 3.8) is 0 Å². The van der Waals surface area contributed by atoms with Crippen LogP contribution in [0.3, 0.4) is 0 Å². The fourth-order valence-electron chi connectivity index (χ4n) is 1.55. The van der Waals surface area contributed by atoms with Crippen molar-refractivity contribution in [1.29, 1.82) is 0 Å². The summed E-state index contributed by atoms with van der Waals surface area (Å²) in [6.07, 6.45) is 0.135. The second-order valence-electron chi connectivity index (χ2n) is 4.49. The first-order valence-corrected chi connectivity index (χ1v) is 6.81. The van der Waals surface area contributed by atoms with Gasteiger partial charge in [0.2, 0.25) is 0 Å². The molecule has 0 aromatic heterocycles. The van der Waals surface area contributed by atoms with Crippen molar-refractivity contribution in [2.24, 2.45) is 0 Å². The van der Waals surface area contributed by atoms with Crippen LogP contribution in [0.15, 0.2) is 24.3 Å². The average molecular weight is 271 g/mol. The summed E-state index contributed by atoms with van der Waals surface area (Å²) in [5.41, 5.74) is 0. The van der Waals surface area contributed by atoms with E-state index < -0.39 is 0 Å². The van der Waals surface area contributed by atoms with Crippen molar-refractivity contribution in [1.82, 2.24) is 10.2 Å². The van der Waals surface area contributed by atoms with E-state index in [0.29, 0.717) is 5.02 Å². The van der Waals surface area contributed by atoms with Gasteiger partial charge >= 0.3 is 0 Å². The zero-order valence-corrected chi connectivity index (χ0v) is 12.2. The minimum Gasteiger partial charge on any atom is -0.489 e. The van der Waals surface area contributed by atoms with Gasteiger partial charge in [-0.3, -0.25) is 0 Å². The molecule has 0 aliphatic carbocycles. The van der Waals surface area contributed by atoms with E-state index in [0.717, 1.165) is 31.9 Å². The number of nitrogens with one attached hydrogen (secondary N) is 1. The van der Waals surface area contributed by atoms with E-state index in [4.69, 9.17) is 16.3 Å². The van der Waals surface area contributed by atoms with E-state index in [1.54, 1.807) is 0 Å². The van der Waals surface area contributed by atoms with E-state index >= 15 is 0 Å². The summed E-state index contributed by atoms with van der Waals surface area (Å²) in [5.74, 6) is 0.822. The third kappa shape index (κ3) is 6.24. The second kappa shape index (κ2) is 8.35. The van der Waals surface area contributed by atoms with Gasteiger partial charge in [0.05, 0.1) is 0 Å². The molecule has 1 rings (SSSR count). The molecule has 3 nitrogen and oxygen atoms in total. The van der Waals surface area contributed by atoms with Gasteiger partial charge in [0.15, 0.2) is 0 Å². The molecule has 0 bridgehead atoms. The molecule has 0 aliphatic rings. The van der Waals surface area contributed by atoms with E-state index in [1.807, 2.05) is 24.3 Å². The van der Waals surface area contributed by atoms with Gasteiger partial charge < -0.3 is 15.0 Å². The fraction of sp³-hybridized carbons (Fsp3) is 0.571. The molecule has 0 amide bonds. The number of hydrogen-bond acceptors (Lipinski definition) is 3.